The summed E-state index contributed by atoms with van der Waals surface area (Å²) < 4.78 is 18.2. The van der Waals surface area contributed by atoms with Crippen LogP contribution in [0.1, 0.15) is 38.5 Å². The monoisotopic (exact) mass is 317 g/mol. The van der Waals surface area contributed by atoms with Crippen molar-refractivity contribution in [1.82, 2.24) is 5.32 Å². The zero-order chi connectivity index (χ0) is 15.9. The van der Waals surface area contributed by atoms with Crippen molar-refractivity contribution in [2.24, 2.45) is 23.2 Å². The second-order valence-corrected chi connectivity index (χ2v) is 7.94. The molecule has 4 aliphatic rings. The van der Waals surface area contributed by atoms with E-state index in [1.807, 2.05) is 0 Å². The van der Waals surface area contributed by atoms with Gasteiger partial charge in [-0.1, -0.05) is 0 Å². The minimum absolute atomic E-state index is 0.00199. The van der Waals surface area contributed by atoms with Gasteiger partial charge >= 0.3 is 0 Å². The van der Waals surface area contributed by atoms with Gasteiger partial charge in [0.1, 0.15) is 11.6 Å². The Morgan fingerprint density at radius 1 is 1.09 bits per heavy atom. The lowest BCUT2D eigenvalue weighted by molar-refractivity contribution is -0.125. The average Bonchev–Trinajstić information content (AvgIpc) is 2.51. The molecule has 3 nitrogen and oxygen atoms in total. The fraction of sp³-hybridized carbons (Fsp3) is 0.632. The van der Waals surface area contributed by atoms with E-state index in [0.717, 1.165) is 24.3 Å². The zero-order valence-corrected chi connectivity index (χ0v) is 13.4. The summed E-state index contributed by atoms with van der Waals surface area (Å²) in [7, 11) is 0. The molecule has 1 amide bonds. The van der Waals surface area contributed by atoms with E-state index >= 15 is 0 Å². The highest BCUT2D eigenvalue weighted by molar-refractivity contribution is 5.77. The van der Waals surface area contributed by atoms with Crippen LogP contribution in [0.25, 0.3) is 0 Å². The lowest BCUT2D eigenvalue weighted by Crippen LogP contribution is -2.51. The standard InChI is InChI=1S/C19H24FNO2/c20-16-1-3-17(4-2-16)23-11-18(22)21-12-19-8-13-5-14(9-19)7-15(6-13)10-19/h1-4,13-15H,5-12H2,(H,21,22). The smallest absolute Gasteiger partial charge is 0.257 e. The summed E-state index contributed by atoms with van der Waals surface area (Å²) in [5, 5.41) is 3.08. The van der Waals surface area contributed by atoms with Crippen molar-refractivity contribution < 1.29 is 13.9 Å². The first-order valence-electron chi connectivity index (χ1n) is 8.75. The van der Waals surface area contributed by atoms with Gasteiger partial charge < -0.3 is 10.1 Å². The number of halogens is 1. The molecule has 124 valence electrons. The third kappa shape index (κ3) is 3.22. The van der Waals surface area contributed by atoms with Gasteiger partial charge in [-0.25, -0.2) is 4.39 Å². The Balaban J connectivity index is 1.27. The molecule has 0 atom stereocenters. The van der Waals surface area contributed by atoms with E-state index in [0.29, 0.717) is 11.2 Å². The molecule has 23 heavy (non-hydrogen) atoms. The number of benzene rings is 1. The van der Waals surface area contributed by atoms with Crippen LogP contribution in [0.4, 0.5) is 4.39 Å². The van der Waals surface area contributed by atoms with Gasteiger partial charge in [-0.3, -0.25) is 4.79 Å². The van der Waals surface area contributed by atoms with Gasteiger partial charge in [-0.05, 0) is 86.0 Å². The molecule has 1 N–H and O–H groups in total. The third-order valence-electron chi connectivity index (χ3n) is 6.01. The van der Waals surface area contributed by atoms with E-state index in [1.165, 1.54) is 50.7 Å². The molecule has 4 heteroatoms. The van der Waals surface area contributed by atoms with E-state index in [4.69, 9.17) is 4.74 Å². The topological polar surface area (TPSA) is 38.3 Å². The van der Waals surface area contributed by atoms with E-state index < -0.39 is 0 Å². The first kappa shape index (κ1) is 15.0. The molecular weight excluding hydrogens is 293 g/mol. The molecule has 0 radical (unpaired) electrons. The second-order valence-electron chi connectivity index (χ2n) is 7.94. The summed E-state index contributed by atoms with van der Waals surface area (Å²) in [6.45, 7) is 0.792. The molecule has 0 spiro atoms. The Bertz CT molecular complexity index is 548. The normalized spacial score (nSPS) is 34.4. The minimum atomic E-state index is -0.302. The summed E-state index contributed by atoms with van der Waals surface area (Å²) in [5.41, 5.74) is 0.348. The molecule has 0 saturated heterocycles. The van der Waals surface area contributed by atoms with Crippen LogP contribution in [0.5, 0.6) is 5.75 Å². The quantitative estimate of drug-likeness (QED) is 0.902. The number of rotatable bonds is 5. The molecule has 4 bridgehead atoms. The first-order chi connectivity index (χ1) is 11.1. The van der Waals surface area contributed by atoms with Crippen molar-refractivity contribution in [3.05, 3.63) is 30.1 Å². The second kappa shape index (κ2) is 5.81. The molecule has 0 heterocycles. The van der Waals surface area contributed by atoms with Gasteiger partial charge in [0.05, 0.1) is 0 Å². The SMILES string of the molecule is O=C(COc1ccc(F)cc1)NCC12CC3CC(CC(C3)C1)C2. The number of hydrogen-bond acceptors (Lipinski definition) is 2. The number of carbonyl (C=O) groups excluding carboxylic acids is 1. The molecule has 4 saturated carbocycles. The summed E-state index contributed by atoms with van der Waals surface area (Å²) in [6, 6.07) is 5.76. The molecule has 0 aliphatic heterocycles. The average molecular weight is 317 g/mol. The summed E-state index contributed by atoms with van der Waals surface area (Å²) in [4.78, 5) is 12.1. The van der Waals surface area contributed by atoms with Crippen LogP contribution in [-0.2, 0) is 4.79 Å². The molecule has 0 unspecified atom stereocenters. The van der Waals surface area contributed by atoms with Crippen LogP contribution in [0.15, 0.2) is 24.3 Å². The summed E-state index contributed by atoms with van der Waals surface area (Å²) in [5.74, 6) is 2.83. The molecule has 4 fully saturated rings. The Labute approximate surface area is 136 Å². The van der Waals surface area contributed by atoms with Crippen molar-refractivity contribution in [3.8, 4) is 5.75 Å². The summed E-state index contributed by atoms with van der Waals surface area (Å²) in [6.07, 6.45) is 8.12. The van der Waals surface area contributed by atoms with Crippen LogP contribution in [0, 0.1) is 29.0 Å². The molecule has 0 aromatic heterocycles. The van der Waals surface area contributed by atoms with Crippen LogP contribution in [-0.4, -0.2) is 19.1 Å². The molecule has 1 aromatic rings. The first-order valence-corrected chi connectivity index (χ1v) is 8.75. The molecule has 1 aromatic carbocycles. The number of amides is 1. The highest BCUT2D eigenvalue weighted by Gasteiger charge is 2.50. The predicted octanol–water partition coefficient (Wildman–Crippen LogP) is 3.54. The van der Waals surface area contributed by atoms with E-state index in [-0.39, 0.29) is 18.3 Å². The van der Waals surface area contributed by atoms with Crippen LogP contribution >= 0.6 is 0 Å². The van der Waals surface area contributed by atoms with Crippen molar-refractivity contribution >= 4 is 5.91 Å². The van der Waals surface area contributed by atoms with Gasteiger partial charge in [0.25, 0.3) is 5.91 Å². The number of nitrogens with one attached hydrogen (secondary N) is 1. The fourth-order valence-electron chi connectivity index (χ4n) is 5.52. The Morgan fingerprint density at radius 2 is 1.65 bits per heavy atom. The van der Waals surface area contributed by atoms with Crippen molar-refractivity contribution in [3.63, 3.8) is 0 Å². The highest BCUT2D eigenvalue weighted by Crippen LogP contribution is 2.59. The lowest BCUT2D eigenvalue weighted by atomic mass is 9.49. The summed E-state index contributed by atoms with van der Waals surface area (Å²) >= 11 is 0. The predicted molar refractivity (Wildman–Crippen MR) is 85.5 cm³/mol. The fourth-order valence-corrected chi connectivity index (χ4v) is 5.52. The number of hydrogen-bond donors (Lipinski definition) is 1. The maximum atomic E-state index is 12.8. The lowest BCUT2D eigenvalue weighted by Gasteiger charge is -2.56. The maximum Gasteiger partial charge on any atom is 0.257 e. The largest absolute Gasteiger partial charge is 0.484 e. The number of carbonyl (C=O) groups is 1. The maximum absolute atomic E-state index is 12.8. The highest BCUT2D eigenvalue weighted by atomic mass is 19.1. The Hall–Kier alpha value is -1.58. The zero-order valence-electron chi connectivity index (χ0n) is 13.4. The van der Waals surface area contributed by atoms with Crippen LogP contribution in [0.2, 0.25) is 0 Å². The van der Waals surface area contributed by atoms with E-state index in [2.05, 4.69) is 5.32 Å². The number of ether oxygens (including phenoxy) is 1. The minimum Gasteiger partial charge on any atom is -0.484 e. The Morgan fingerprint density at radius 3 is 2.22 bits per heavy atom. The molecular formula is C19H24FNO2. The van der Waals surface area contributed by atoms with Gasteiger partial charge in [0.2, 0.25) is 0 Å². The van der Waals surface area contributed by atoms with Gasteiger partial charge in [-0.15, -0.1) is 0 Å². The van der Waals surface area contributed by atoms with Crippen molar-refractivity contribution in [1.29, 1.82) is 0 Å². The van der Waals surface area contributed by atoms with Crippen molar-refractivity contribution in [2.75, 3.05) is 13.2 Å². The third-order valence-corrected chi connectivity index (χ3v) is 6.01. The molecule has 4 aliphatic carbocycles. The van der Waals surface area contributed by atoms with Crippen molar-refractivity contribution in [2.45, 2.75) is 38.5 Å². The van der Waals surface area contributed by atoms with Gasteiger partial charge in [-0.2, -0.15) is 0 Å². The Kier molecular flexibility index (Phi) is 3.78. The van der Waals surface area contributed by atoms with Crippen LogP contribution in [0.3, 0.4) is 0 Å². The van der Waals surface area contributed by atoms with Gasteiger partial charge in [0, 0.05) is 6.54 Å². The van der Waals surface area contributed by atoms with E-state index in [1.54, 1.807) is 12.1 Å². The van der Waals surface area contributed by atoms with Gasteiger partial charge in [0.15, 0.2) is 6.61 Å². The van der Waals surface area contributed by atoms with Crippen LogP contribution < -0.4 is 10.1 Å². The molecule has 5 rings (SSSR count). The van der Waals surface area contributed by atoms with E-state index in [9.17, 15) is 9.18 Å².